The molecule has 1 N–H and O–H groups in total. The van der Waals surface area contributed by atoms with Crippen molar-refractivity contribution >= 4 is 35.2 Å². The second-order valence-corrected chi connectivity index (χ2v) is 8.66. The van der Waals surface area contributed by atoms with Crippen molar-refractivity contribution in [2.45, 2.75) is 25.8 Å². The van der Waals surface area contributed by atoms with Crippen LogP contribution in [0, 0.1) is 12.7 Å². The zero-order valence-electron chi connectivity index (χ0n) is 20.4. The molecule has 0 unspecified atom stereocenters. The van der Waals surface area contributed by atoms with Crippen LogP contribution in [0.3, 0.4) is 0 Å². The maximum absolute atomic E-state index is 14.2. The van der Waals surface area contributed by atoms with E-state index in [1.165, 1.54) is 30.2 Å². The first-order valence-electron chi connectivity index (χ1n) is 11.7. The number of nitrogens with one attached hydrogen (secondary N) is 1. The zero-order valence-corrected chi connectivity index (χ0v) is 20.4. The van der Waals surface area contributed by atoms with Crippen molar-refractivity contribution in [3.05, 3.63) is 95.3 Å². The Bertz CT molecular complexity index is 1320. The fourth-order valence-corrected chi connectivity index (χ4v) is 4.16. The van der Waals surface area contributed by atoms with E-state index in [0.29, 0.717) is 22.5 Å². The molecule has 3 aromatic carbocycles. The highest BCUT2D eigenvalue weighted by Crippen LogP contribution is 2.28. The Hall–Kier alpha value is -4.53. The van der Waals surface area contributed by atoms with E-state index in [1.807, 2.05) is 6.92 Å². The summed E-state index contributed by atoms with van der Waals surface area (Å²) in [5.74, 6) is -1.92. The topological polar surface area (TPSA) is 96.0 Å². The minimum atomic E-state index is -1.06. The Morgan fingerprint density at radius 1 is 0.973 bits per heavy atom. The van der Waals surface area contributed by atoms with Crippen LogP contribution < -0.4 is 10.2 Å². The number of carbonyl (C=O) groups excluding carboxylic acids is 4. The monoisotopic (exact) mass is 503 g/mol. The number of nitrogens with zero attached hydrogens (tertiary/aromatic N) is 2. The molecule has 1 fully saturated rings. The maximum atomic E-state index is 14.2. The van der Waals surface area contributed by atoms with Crippen molar-refractivity contribution in [3.63, 3.8) is 0 Å². The highest BCUT2D eigenvalue weighted by Gasteiger charge is 2.46. The minimum absolute atomic E-state index is 0.0552. The van der Waals surface area contributed by atoms with Gasteiger partial charge in [-0.25, -0.2) is 18.9 Å². The van der Waals surface area contributed by atoms with E-state index in [-0.39, 0.29) is 19.4 Å². The number of benzene rings is 3. The van der Waals surface area contributed by atoms with Crippen molar-refractivity contribution in [2.24, 2.45) is 0 Å². The van der Waals surface area contributed by atoms with Gasteiger partial charge in [0.25, 0.3) is 5.91 Å². The van der Waals surface area contributed by atoms with E-state index in [2.05, 4.69) is 10.1 Å². The molecule has 37 heavy (non-hydrogen) atoms. The lowest BCUT2D eigenvalue weighted by molar-refractivity contribution is -0.124. The third-order valence-corrected chi connectivity index (χ3v) is 6.16. The normalized spacial score (nSPS) is 15.2. The standard InChI is InChI=1S/C28H26FN3O5/c1-18-7-13-22(14-8-18)32-26(34)24(31(28(32)36)16-15-19-5-3-4-6-23(19)29)17-25(33)30-21-11-9-20(10-12-21)27(35)37-2/h3-14,24H,15-17H2,1-2H3,(H,30,33)/t24-/m1/s1. The molecule has 1 saturated heterocycles. The quantitative estimate of drug-likeness (QED) is 0.365. The van der Waals surface area contributed by atoms with Crippen LogP contribution in [0.2, 0.25) is 0 Å². The van der Waals surface area contributed by atoms with Gasteiger partial charge in [-0.05, 0) is 61.4 Å². The highest BCUT2D eigenvalue weighted by atomic mass is 19.1. The zero-order chi connectivity index (χ0) is 26.5. The number of rotatable bonds is 8. The second kappa shape index (κ2) is 11.0. The molecule has 0 saturated carbocycles. The average Bonchev–Trinajstić information content (AvgIpc) is 3.12. The van der Waals surface area contributed by atoms with Gasteiger partial charge in [0.05, 0.1) is 24.8 Å². The number of methoxy groups -OCH3 is 1. The first-order valence-corrected chi connectivity index (χ1v) is 11.7. The molecule has 190 valence electrons. The molecule has 1 aliphatic heterocycles. The second-order valence-electron chi connectivity index (χ2n) is 8.66. The van der Waals surface area contributed by atoms with E-state index in [4.69, 9.17) is 0 Å². The number of ether oxygens (including phenoxy) is 1. The van der Waals surface area contributed by atoms with E-state index >= 15 is 0 Å². The van der Waals surface area contributed by atoms with Crippen molar-refractivity contribution in [2.75, 3.05) is 23.9 Å². The summed E-state index contributed by atoms with van der Waals surface area (Å²) in [5, 5.41) is 2.69. The Morgan fingerprint density at radius 3 is 2.30 bits per heavy atom. The number of imide groups is 1. The van der Waals surface area contributed by atoms with E-state index < -0.39 is 35.7 Å². The molecule has 1 heterocycles. The number of urea groups is 1. The van der Waals surface area contributed by atoms with Gasteiger partial charge in [0, 0.05) is 12.2 Å². The molecule has 1 atom stereocenters. The SMILES string of the molecule is COC(=O)c1ccc(NC(=O)C[C@@H]2C(=O)N(c3ccc(C)cc3)C(=O)N2CCc2ccccc2F)cc1. The van der Waals surface area contributed by atoms with E-state index in [1.54, 1.807) is 54.6 Å². The van der Waals surface area contributed by atoms with Crippen molar-refractivity contribution in [3.8, 4) is 0 Å². The number of anilines is 2. The molecule has 1 aliphatic rings. The lowest BCUT2D eigenvalue weighted by Gasteiger charge is -2.21. The molecule has 3 aromatic rings. The minimum Gasteiger partial charge on any atom is -0.465 e. The van der Waals surface area contributed by atoms with Gasteiger partial charge >= 0.3 is 12.0 Å². The average molecular weight is 504 g/mol. The Morgan fingerprint density at radius 2 is 1.65 bits per heavy atom. The fraction of sp³-hybridized carbons (Fsp3) is 0.214. The van der Waals surface area contributed by atoms with Crippen molar-refractivity contribution in [1.82, 2.24) is 4.90 Å². The van der Waals surface area contributed by atoms with Gasteiger partial charge in [-0.2, -0.15) is 0 Å². The van der Waals surface area contributed by atoms with Gasteiger partial charge < -0.3 is 15.0 Å². The van der Waals surface area contributed by atoms with Crippen molar-refractivity contribution < 1.29 is 28.3 Å². The van der Waals surface area contributed by atoms with Crippen LogP contribution >= 0.6 is 0 Å². The van der Waals surface area contributed by atoms with Crippen molar-refractivity contribution in [1.29, 1.82) is 0 Å². The summed E-state index contributed by atoms with van der Waals surface area (Å²) >= 11 is 0. The third-order valence-electron chi connectivity index (χ3n) is 6.16. The van der Waals surface area contributed by atoms with Gasteiger partial charge in [0.15, 0.2) is 0 Å². The predicted molar refractivity (Wildman–Crippen MR) is 136 cm³/mol. The Kier molecular flexibility index (Phi) is 7.62. The van der Waals surface area contributed by atoms with Gasteiger partial charge in [0.2, 0.25) is 5.91 Å². The van der Waals surface area contributed by atoms with Crippen LogP contribution in [0.4, 0.5) is 20.6 Å². The van der Waals surface area contributed by atoms with Crippen LogP contribution in [0.1, 0.15) is 27.9 Å². The highest BCUT2D eigenvalue weighted by molar-refractivity contribution is 6.22. The number of hydrogen-bond acceptors (Lipinski definition) is 5. The van der Waals surface area contributed by atoms with Crippen LogP contribution in [-0.4, -0.2) is 48.4 Å². The number of hydrogen-bond donors (Lipinski definition) is 1. The third kappa shape index (κ3) is 5.66. The molecule has 4 amide bonds. The summed E-state index contributed by atoms with van der Waals surface area (Å²) in [6, 6.07) is 17.6. The largest absolute Gasteiger partial charge is 0.465 e. The van der Waals surface area contributed by atoms with Crippen LogP contribution in [0.15, 0.2) is 72.8 Å². The summed E-state index contributed by atoms with van der Waals surface area (Å²) in [7, 11) is 1.27. The smallest absolute Gasteiger partial charge is 0.337 e. The molecule has 0 aliphatic carbocycles. The molecule has 9 heteroatoms. The molecule has 0 bridgehead atoms. The van der Waals surface area contributed by atoms with E-state index in [0.717, 1.165) is 10.5 Å². The molecule has 0 aromatic heterocycles. The molecular weight excluding hydrogens is 477 g/mol. The summed E-state index contributed by atoms with van der Waals surface area (Å²) in [4.78, 5) is 53.6. The lowest BCUT2D eigenvalue weighted by Crippen LogP contribution is -2.39. The molecule has 8 nitrogen and oxygen atoms in total. The lowest BCUT2D eigenvalue weighted by atomic mass is 10.1. The number of esters is 1. The van der Waals surface area contributed by atoms with Gasteiger partial charge in [0.1, 0.15) is 11.9 Å². The summed E-state index contributed by atoms with van der Waals surface area (Å²) in [6.45, 7) is 1.95. The summed E-state index contributed by atoms with van der Waals surface area (Å²) in [6.07, 6.45) is -0.108. The number of aryl methyl sites for hydroxylation is 1. The van der Waals surface area contributed by atoms with Crippen LogP contribution in [0.25, 0.3) is 0 Å². The number of halogens is 1. The molecule has 0 radical (unpaired) electrons. The van der Waals surface area contributed by atoms with Gasteiger partial charge in [-0.1, -0.05) is 35.9 Å². The number of carbonyl (C=O) groups is 4. The first kappa shape index (κ1) is 25.6. The van der Waals surface area contributed by atoms with Gasteiger partial charge in [-0.3, -0.25) is 9.59 Å². The molecular formula is C28H26FN3O5. The summed E-state index contributed by atoms with van der Waals surface area (Å²) in [5.41, 5.74) is 2.52. The number of amides is 4. The first-order chi connectivity index (χ1) is 17.8. The Balaban J connectivity index is 1.53. The van der Waals surface area contributed by atoms with E-state index in [9.17, 15) is 23.6 Å². The van der Waals surface area contributed by atoms with Crippen LogP contribution in [0.5, 0.6) is 0 Å². The summed E-state index contributed by atoms with van der Waals surface area (Å²) < 4.78 is 18.9. The molecule has 0 spiro atoms. The van der Waals surface area contributed by atoms with Crippen LogP contribution in [-0.2, 0) is 20.7 Å². The predicted octanol–water partition coefficient (Wildman–Crippen LogP) is 4.33. The Labute approximate surface area is 213 Å². The van der Waals surface area contributed by atoms with Gasteiger partial charge in [-0.15, -0.1) is 0 Å². The molecule has 4 rings (SSSR count). The maximum Gasteiger partial charge on any atom is 0.337 e. The fourth-order valence-electron chi connectivity index (χ4n) is 4.16.